The van der Waals surface area contributed by atoms with Crippen LogP contribution in [0.1, 0.15) is 25.8 Å². The summed E-state index contributed by atoms with van der Waals surface area (Å²) in [6.45, 7) is 4.98. The van der Waals surface area contributed by atoms with Gasteiger partial charge in [0.05, 0.1) is 7.11 Å². The van der Waals surface area contributed by atoms with E-state index in [2.05, 4.69) is 19.2 Å². The third-order valence-electron chi connectivity index (χ3n) is 3.74. The lowest BCUT2D eigenvalue weighted by molar-refractivity contribution is 0.414. The number of hydrogen-bond donors (Lipinski definition) is 1. The van der Waals surface area contributed by atoms with E-state index in [0.29, 0.717) is 11.8 Å². The summed E-state index contributed by atoms with van der Waals surface area (Å²) in [6.07, 6.45) is 1.06. The highest BCUT2D eigenvalue weighted by Gasteiger charge is 2.16. The van der Waals surface area contributed by atoms with Gasteiger partial charge in [-0.15, -0.1) is 0 Å². The van der Waals surface area contributed by atoms with Crippen LogP contribution in [0.3, 0.4) is 0 Å². The molecule has 0 saturated carbocycles. The molecule has 0 radical (unpaired) electrons. The lowest BCUT2D eigenvalue weighted by atomic mass is 10.2. The van der Waals surface area contributed by atoms with Gasteiger partial charge in [-0.2, -0.15) is 8.42 Å². The van der Waals surface area contributed by atoms with Crippen molar-refractivity contribution in [2.45, 2.75) is 37.8 Å². The molecule has 0 amide bonds. The van der Waals surface area contributed by atoms with Gasteiger partial charge in [0.1, 0.15) is 16.4 Å². The highest BCUT2D eigenvalue weighted by atomic mass is 32.2. The lowest BCUT2D eigenvalue weighted by Gasteiger charge is -2.12. The molecule has 0 aliphatic rings. The SMILES string of the molecule is CCC(C)NCc1ccc(OS(=O)(=O)c2ccc(OC)cc2)cc1. The minimum atomic E-state index is -3.85. The van der Waals surface area contributed by atoms with Gasteiger partial charge in [0.25, 0.3) is 0 Å². The van der Waals surface area contributed by atoms with Crippen LogP contribution in [0.25, 0.3) is 0 Å². The van der Waals surface area contributed by atoms with Crippen LogP contribution in [0.2, 0.25) is 0 Å². The van der Waals surface area contributed by atoms with Crippen LogP contribution in [-0.4, -0.2) is 21.6 Å². The Morgan fingerprint density at radius 3 is 2.12 bits per heavy atom. The molecule has 24 heavy (non-hydrogen) atoms. The van der Waals surface area contributed by atoms with Crippen molar-refractivity contribution in [3.8, 4) is 11.5 Å². The van der Waals surface area contributed by atoms with Gasteiger partial charge in [0.2, 0.25) is 0 Å². The van der Waals surface area contributed by atoms with Crippen molar-refractivity contribution in [2.24, 2.45) is 0 Å². The second-order valence-electron chi connectivity index (χ2n) is 5.55. The number of methoxy groups -OCH3 is 1. The molecule has 0 heterocycles. The highest BCUT2D eigenvalue weighted by Crippen LogP contribution is 2.21. The second-order valence-corrected chi connectivity index (χ2v) is 7.09. The third-order valence-corrected chi connectivity index (χ3v) is 5.01. The van der Waals surface area contributed by atoms with E-state index in [0.717, 1.165) is 18.5 Å². The van der Waals surface area contributed by atoms with E-state index in [1.807, 2.05) is 12.1 Å². The molecule has 0 aromatic heterocycles. The summed E-state index contributed by atoms with van der Waals surface area (Å²) in [5.41, 5.74) is 1.07. The molecule has 0 saturated heterocycles. The summed E-state index contributed by atoms with van der Waals surface area (Å²) < 4.78 is 34.7. The molecule has 0 aliphatic heterocycles. The number of hydrogen-bond acceptors (Lipinski definition) is 5. The van der Waals surface area contributed by atoms with Crippen molar-refractivity contribution in [3.05, 3.63) is 54.1 Å². The molecule has 2 aromatic carbocycles. The standard InChI is InChI=1S/C18H23NO4S/c1-4-14(2)19-13-15-5-7-17(8-6-15)23-24(20,21)18-11-9-16(22-3)10-12-18/h5-12,14,19H,4,13H2,1-3H3. The van der Waals surface area contributed by atoms with E-state index in [4.69, 9.17) is 8.92 Å². The summed E-state index contributed by atoms with van der Waals surface area (Å²) in [5, 5.41) is 3.38. The van der Waals surface area contributed by atoms with E-state index < -0.39 is 10.1 Å². The van der Waals surface area contributed by atoms with Crippen molar-refractivity contribution >= 4 is 10.1 Å². The summed E-state index contributed by atoms with van der Waals surface area (Å²) >= 11 is 0. The van der Waals surface area contributed by atoms with Crippen LogP contribution in [0.15, 0.2) is 53.4 Å². The zero-order valence-electron chi connectivity index (χ0n) is 14.2. The first-order valence-electron chi connectivity index (χ1n) is 7.85. The van der Waals surface area contributed by atoms with E-state index in [1.165, 1.54) is 19.2 Å². The van der Waals surface area contributed by atoms with Crippen molar-refractivity contribution in [1.82, 2.24) is 5.32 Å². The fourth-order valence-electron chi connectivity index (χ4n) is 2.02. The number of benzene rings is 2. The average Bonchev–Trinajstić information content (AvgIpc) is 2.60. The predicted octanol–water partition coefficient (Wildman–Crippen LogP) is 3.35. The van der Waals surface area contributed by atoms with Gasteiger partial charge in [-0.25, -0.2) is 0 Å². The van der Waals surface area contributed by atoms with Gasteiger partial charge >= 0.3 is 10.1 Å². The van der Waals surface area contributed by atoms with Crippen LogP contribution in [0.5, 0.6) is 11.5 Å². The van der Waals surface area contributed by atoms with Gasteiger partial charge in [0, 0.05) is 12.6 Å². The number of nitrogens with one attached hydrogen (secondary N) is 1. The summed E-state index contributed by atoms with van der Waals surface area (Å²) in [5.74, 6) is 0.880. The quantitative estimate of drug-likeness (QED) is 0.741. The van der Waals surface area contributed by atoms with E-state index in [9.17, 15) is 8.42 Å². The van der Waals surface area contributed by atoms with Crippen molar-refractivity contribution < 1.29 is 17.3 Å². The fourth-order valence-corrected chi connectivity index (χ4v) is 2.95. The van der Waals surface area contributed by atoms with E-state index in [-0.39, 0.29) is 10.6 Å². The van der Waals surface area contributed by atoms with E-state index in [1.54, 1.807) is 24.3 Å². The Hall–Kier alpha value is -2.05. The molecule has 2 rings (SSSR count). The molecule has 0 aliphatic carbocycles. The van der Waals surface area contributed by atoms with Crippen LogP contribution in [-0.2, 0) is 16.7 Å². The molecule has 1 atom stereocenters. The Morgan fingerprint density at radius 2 is 1.58 bits per heavy atom. The first-order chi connectivity index (χ1) is 11.4. The summed E-state index contributed by atoms with van der Waals surface area (Å²) in [7, 11) is -2.33. The minimum absolute atomic E-state index is 0.0887. The monoisotopic (exact) mass is 349 g/mol. The Labute approximate surface area is 143 Å². The topological polar surface area (TPSA) is 64.6 Å². The molecule has 0 fully saturated rings. The molecular weight excluding hydrogens is 326 g/mol. The van der Waals surface area contributed by atoms with E-state index >= 15 is 0 Å². The lowest BCUT2D eigenvalue weighted by Crippen LogP contribution is -2.24. The first kappa shape index (κ1) is 18.3. The maximum absolute atomic E-state index is 12.3. The average molecular weight is 349 g/mol. The molecule has 5 nitrogen and oxygen atoms in total. The first-order valence-corrected chi connectivity index (χ1v) is 9.26. The minimum Gasteiger partial charge on any atom is -0.497 e. The highest BCUT2D eigenvalue weighted by molar-refractivity contribution is 7.87. The van der Waals surface area contributed by atoms with Crippen LogP contribution in [0, 0.1) is 0 Å². The Balaban J connectivity index is 2.03. The predicted molar refractivity (Wildman–Crippen MR) is 93.8 cm³/mol. The van der Waals surface area contributed by atoms with Gasteiger partial charge < -0.3 is 14.2 Å². The smallest absolute Gasteiger partial charge is 0.339 e. The molecule has 130 valence electrons. The Kier molecular flexibility index (Phi) is 6.23. The van der Waals surface area contributed by atoms with Crippen molar-refractivity contribution in [2.75, 3.05) is 7.11 Å². The molecular formula is C18H23NO4S. The zero-order valence-corrected chi connectivity index (χ0v) is 15.0. The normalized spacial score (nSPS) is 12.6. The Bertz CT molecular complexity index is 740. The summed E-state index contributed by atoms with van der Waals surface area (Å²) in [4.78, 5) is 0.0887. The van der Waals surface area contributed by atoms with Gasteiger partial charge in [-0.05, 0) is 55.3 Å². The molecule has 1 N–H and O–H groups in total. The molecule has 1 unspecified atom stereocenters. The van der Waals surface area contributed by atoms with Crippen LogP contribution in [0.4, 0.5) is 0 Å². The Morgan fingerprint density at radius 1 is 1.00 bits per heavy atom. The largest absolute Gasteiger partial charge is 0.497 e. The van der Waals surface area contributed by atoms with Crippen LogP contribution >= 0.6 is 0 Å². The molecule has 0 spiro atoms. The maximum atomic E-state index is 12.3. The number of ether oxygens (including phenoxy) is 1. The van der Waals surface area contributed by atoms with Crippen LogP contribution < -0.4 is 14.2 Å². The third kappa shape index (κ3) is 4.97. The van der Waals surface area contributed by atoms with Gasteiger partial charge in [-0.1, -0.05) is 19.1 Å². The fraction of sp³-hybridized carbons (Fsp3) is 0.333. The van der Waals surface area contributed by atoms with Gasteiger partial charge in [0.15, 0.2) is 0 Å². The van der Waals surface area contributed by atoms with Crippen molar-refractivity contribution in [3.63, 3.8) is 0 Å². The number of rotatable bonds is 8. The molecule has 6 heteroatoms. The maximum Gasteiger partial charge on any atom is 0.339 e. The molecule has 2 aromatic rings. The molecule has 0 bridgehead atoms. The summed E-state index contributed by atoms with van der Waals surface area (Å²) in [6, 6.07) is 13.6. The zero-order chi connectivity index (χ0) is 17.6. The van der Waals surface area contributed by atoms with Crippen molar-refractivity contribution in [1.29, 1.82) is 0 Å². The van der Waals surface area contributed by atoms with Gasteiger partial charge in [-0.3, -0.25) is 0 Å². The second kappa shape index (κ2) is 8.17.